The molecule has 0 spiro atoms. The number of aliphatic hydroxyl groups excluding tert-OH is 1. The summed E-state index contributed by atoms with van der Waals surface area (Å²) in [4.78, 5) is 3.73. The molecule has 5 nitrogen and oxygen atoms in total. The Balaban J connectivity index is 2.38. The number of hydrogen-bond donors (Lipinski definition) is 1. The van der Waals surface area contributed by atoms with E-state index in [0.29, 0.717) is 13.0 Å². The minimum absolute atomic E-state index is 0.00255. The largest absolute Gasteiger partial charge is 0.395 e. The second kappa shape index (κ2) is 5.30. The van der Waals surface area contributed by atoms with Crippen molar-refractivity contribution in [2.75, 3.05) is 13.2 Å². The lowest BCUT2D eigenvalue weighted by atomic mass is 10.2. The van der Waals surface area contributed by atoms with Crippen LogP contribution < -0.4 is 0 Å². The summed E-state index contributed by atoms with van der Waals surface area (Å²) >= 11 is 11.4. The molecule has 0 amide bonds. The zero-order valence-electron chi connectivity index (χ0n) is 9.38. The second-order valence-corrected chi connectivity index (χ2v) is 6.69. The van der Waals surface area contributed by atoms with Gasteiger partial charge in [-0.2, -0.15) is 4.31 Å². The molecular formula is C10H12Cl2N2O3S. The molecule has 1 aliphatic heterocycles. The number of aliphatic hydroxyl groups is 1. The standard InChI is InChI=1S/C10H12Cl2N2O3S/c11-9-4-8(5-13-10(9)12)18(16,17)14-3-1-2-7(14)6-15/h4-5,7,15H,1-3,6H2/t7-/m0/s1. The smallest absolute Gasteiger partial charge is 0.244 e. The molecule has 8 heteroatoms. The topological polar surface area (TPSA) is 70.5 Å². The fourth-order valence-corrected chi connectivity index (χ4v) is 3.98. The van der Waals surface area contributed by atoms with E-state index in [1.165, 1.54) is 16.6 Å². The normalized spacial score (nSPS) is 21.4. The van der Waals surface area contributed by atoms with Crippen molar-refractivity contribution in [2.24, 2.45) is 0 Å². The van der Waals surface area contributed by atoms with Crippen molar-refractivity contribution >= 4 is 33.2 Å². The van der Waals surface area contributed by atoms with Gasteiger partial charge in [-0.3, -0.25) is 0 Å². The molecule has 0 bridgehead atoms. The highest BCUT2D eigenvalue weighted by molar-refractivity contribution is 7.89. The molecule has 1 aliphatic rings. The molecular weight excluding hydrogens is 299 g/mol. The van der Waals surface area contributed by atoms with E-state index in [2.05, 4.69) is 4.98 Å². The third-order valence-electron chi connectivity index (χ3n) is 2.91. The van der Waals surface area contributed by atoms with Crippen LogP contribution in [0.2, 0.25) is 10.2 Å². The summed E-state index contributed by atoms with van der Waals surface area (Å²) in [6.07, 6.45) is 2.57. The quantitative estimate of drug-likeness (QED) is 0.860. The Kier molecular flexibility index (Phi) is 4.13. The first-order chi connectivity index (χ1) is 8.46. The number of sulfonamides is 1. The summed E-state index contributed by atoms with van der Waals surface area (Å²) in [6, 6.07) is 0.906. The number of pyridine rings is 1. The third kappa shape index (κ3) is 2.48. The Morgan fingerprint density at radius 2 is 2.22 bits per heavy atom. The minimum atomic E-state index is -3.67. The molecule has 0 saturated carbocycles. The van der Waals surface area contributed by atoms with Crippen molar-refractivity contribution in [3.8, 4) is 0 Å². The number of halogens is 2. The number of hydrogen-bond acceptors (Lipinski definition) is 4. The average molecular weight is 311 g/mol. The number of aromatic nitrogens is 1. The van der Waals surface area contributed by atoms with E-state index in [1.807, 2.05) is 0 Å². The molecule has 1 aromatic heterocycles. The van der Waals surface area contributed by atoms with E-state index in [4.69, 9.17) is 23.2 Å². The van der Waals surface area contributed by atoms with Crippen LogP contribution >= 0.6 is 23.2 Å². The monoisotopic (exact) mass is 310 g/mol. The van der Waals surface area contributed by atoms with Gasteiger partial charge < -0.3 is 5.11 Å². The predicted octanol–water partition coefficient (Wildman–Crippen LogP) is 1.53. The molecule has 1 saturated heterocycles. The van der Waals surface area contributed by atoms with E-state index < -0.39 is 10.0 Å². The van der Waals surface area contributed by atoms with E-state index in [-0.39, 0.29) is 27.7 Å². The molecule has 0 aromatic carbocycles. The predicted molar refractivity (Wildman–Crippen MR) is 68.3 cm³/mol. The fraction of sp³-hybridized carbons (Fsp3) is 0.500. The van der Waals surface area contributed by atoms with Gasteiger partial charge in [0.15, 0.2) is 0 Å². The lowest BCUT2D eigenvalue weighted by molar-refractivity contribution is 0.213. The van der Waals surface area contributed by atoms with Gasteiger partial charge in [0.25, 0.3) is 0 Å². The van der Waals surface area contributed by atoms with Gasteiger partial charge in [-0.05, 0) is 18.9 Å². The van der Waals surface area contributed by atoms with Crippen LogP contribution in [0.25, 0.3) is 0 Å². The zero-order chi connectivity index (χ0) is 13.3. The highest BCUT2D eigenvalue weighted by atomic mass is 35.5. The van der Waals surface area contributed by atoms with Crippen LogP contribution in [0, 0.1) is 0 Å². The molecule has 2 heterocycles. The van der Waals surface area contributed by atoms with E-state index in [0.717, 1.165) is 6.42 Å². The van der Waals surface area contributed by atoms with E-state index in [9.17, 15) is 13.5 Å². The van der Waals surface area contributed by atoms with Crippen molar-refractivity contribution < 1.29 is 13.5 Å². The summed E-state index contributed by atoms with van der Waals surface area (Å²) in [7, 11) is -3.67. The van der Waals surface area contributed by atoms with Crippen LogP contribution in [0.3, 0.4) is 0 Å². The Morgan fingerprint density at radius 3 is 2.83 bits per heavy atom. The second-order valence-electron chi connectivity index (χ2n) is 4.04. The van der Waals surface area contributed by atoms with E-state index in [1.54, 1.807) is 0 Å². The van der Waals surface area contributed by atoms with Crippen molar-refractivity contribution in [3.05, 3.63) is 22.4 Å². The van der Waals surface area contributed by atoms with Crippen molar-refractivity contribution in [1.82, 2.24) is 9.29 Å². The number of rotatable bonds is 3. The van der Waals surface area contributed by atoms with Crippen LogP contribution in [-0.2, 0) is 10.0 Å². The average Bonchev–Trinajstić information content (AvgIpc) is 2.81. The molecule has 0 unspecified atom stereocenters. The Bertz CT molecular complexity index is 550. The van der Waals surface area contributed by atoms with Crippen LogP contribution in [0.4, 0.5) is 0 Å². The maximum atomic E-state index is 12.3. The van der Waals surface area contributed by atoms with E-state index >= 15 is 0 Å². The summed E-state index contributed by atoms with van der Waals surface area (Å²) in [5.41, 5.74) is 0. The minimum Gasteiger partial charge on any atom is -0.395 e. The Morgan fingerprint density at radius 1 is 1.50 bits per heavy atom. The molecule has 18 heavy (non-hydrogen) atoms. The summed E-state index contributed by atoms with van der Waals surface area (Å²) < 4.78 is 26.0. The summed E-state index contributed by atoms with van der Waals surface area (Å²) in [5, 5.41) is 9.34. The van der Waals surface area contributed by atoms with Crippen molar-refractivity contribution in [1.29, 1.82) is 0 Å². The van der Waals surface area contributed by atoms with Crippen LogP contribution in [0.15, 0.2) is 17.2 Å². The van der Waals surface area contributed by atoms with Crippen molar-refractivity contribution in [2.45, 2.75) is 23.8 Å². The third-order valence-corrected chi connectivity index (χ3v) is 5.51. The Hall–Kier alpha value is -0.400. The Labute approximate surface area is 115 Å². The van der Waals surface area contributed by atoms with Gasteiger partial charge in [0, 0.05) is 18.8 Å². The molecule has 2 rings (SSSR count). The maximum absolute atomic E-state index is 12.3. The fourth-order valence-electron chi connectivity index (χ4n) is 1.99. The highest BCUT2D eigenvalue weighted by Crippen LogP contribution is 2.28. The molecule has 0 radical (unpaired) electrons. The van der Waals surface area contributed by atoms with Gasteiger partial charge in [-0.1, -0.05) is 23.2 Å². The maximum Gasteiger partial charge on any atom is 0.244 e. The summed E-state index contributed by atoms with van der Waals surface area (Å²) in [5.74, 6) is 0. The first-order valence-corrected chi connectivity index (χ1v) is 7.60. The highest BCUT2D eigenvalue weighted by Gasteiger charge is 2.35. The van der Waals surface area contributed by atoms with Crippen LogP contribution in [0.1, 0.15) is 12.8 Å². The van der Waals surface area contributed by atoms with Crippen LogP contribution in [0.5, 0.6) is 0 Å². The molecule has 1 atom stereocenters. The molecule has 1 aromatic rings. The zero-order valence-corrected chi connectivity index (χ0v) is 11.7. The van der Waals surface area contributed by atoms with Gasteiger partial charge in [0.1, 0.15) is 10.0 Å². The van der Waals surface area contributed by atoms with Crippen molar-refractivity contribution in [3.63, 3.8) is 0 Å². The first kappa shape index (κ1) is 14.0. The van der Waals surface area contributed by atoms with Crippen LogP contribution in [-0.4, -0.2) is 42.0 Å². The molecule has 100 valence electrons. The van der Waals surface area contributed by atoms with Gasteiger partial charge in [0.2, 0.25) is 10.0 Å². The van der Waals surface area contributed by atoms with Gasteiger partial charge in [-0.15, -0.1) is 0 Å². The molecule has 0 aliphatic carbocycles. The summed E-state index contributed by atoms with van der Waals surface area (Å²) in [6.45, 7) is 0.210. The van der Waals surface area contributed by atoms with Gasteiger partial charge >= 0.3 is 0 Å². The molecule has 1 N–H and O–H groups in total. The van der Waals surface area contributed by atoms with Gasteiger partial charge in [0.05, 0.1) is 11.6 Å². The molecule has 1 fully saturated rings. The lowest BCUT2D eigenvalue weighted by Gasteiger charge is -2.22. The van der Waals surface area contributed by atoms with Gasteiger partial charge in [-0.25, -0.2) is 13.4 Å². The lowest BCUT2D eigenvalue weighted by Crippen LogP contribution is -2.37. The number of nitrogens with zero attached hydrogens (tertiary/aromatic N) is 2. The SMILES string of the molecule is O=S(=O)(c1cnc(Cl)c(Cl)c1)N1CCC[C@H]1CO. The first-order valence-electron chi connectivity index (χ1n) is 5.40.